The van der Waals surface area contributed by atoms with Gasteiger partial charge in [-0.1, -0.05) is 0 Å². The number of carbonyl (C=O) groups is 3. The molecule has 1 aliphatic rings. The molecule has 0 saturated heterocycles. The number of fused-ring (bicyclic) bond motifs is 1. The highest BCUT2D eigenvalue weighted by Crippen LogP contribution is 2.45. The van der Waals surface area contributed by atoms with Gasteiger partial charge in [-0.2, -0.15) is 0 Å². The quantitative estimate of drug-likeness (QED) is 0.662. The van der Waals surface area contributed by atoms with Crippen LogP contribution in [0, 0.1) is 0 Å². The van der Waals surface area contributed by atoms with Gasteiger partial charge in [-0.15, -0.1) is 11.3 Å². The number of amides is 1. The number of ether oxygens (including phenoxy) is 3. The maximum absolute atomic E-state index is 12.7. The Morgan fingerprint density at radius 2 is 1.82 bits per heavy atom. The van der Waals surface area contributed by atoms with Gasteiger partial charge in [-0.25, -0.2) is 9.59 Å². The Balaban J connectivity index is 2.34. The summed E-state index contributed by atoms with van der Waals surface area (Å²) in [4.78, 5) is 37.3. The topological polar surface area (TPSA) is 103 Å². The molecule has 28 heavy (non-hydrogen) atoms. The Hall–Kier alpha value is -1.97. The largest absolute Gasteiger partial charge is 0.462 e. The first-order chi connectivity index (χ1) is 13.0. The highest BCUT2D eigenvalue weighted by Gasteiger charge is 2.42. The van der Waals surface area contributed by atoms with Crippen molar-refractivity contribution in [1.82, 2.24) is 5.32 Å². The van der Waals surface area contributed by atoms with Gasteiger partial charge in [0.05, 0.1) is 12.2 Å². The van der Waals surface area contributed by atoms with E-state index in [1.807, 2.05) is 13.8 Å². The lowest BCUT2D eigenvalue weighted by atomic mass is 9.81. The van der Waals surface area contributed by atoms with E-state index in [9.17, 15) is 14.4 Å². The second kappa shape index (κ2) is 8.59. The average Bonchev–Trinajstić information content (AvgIpc) is 2.90. The normalized spacial score (nSPS) is 16.8. The Labute approximate surface area is 168 Å². The molecule has 0 unspecified atom stereocenters. The number of carbonyl (C=O) groups excluding carboxylic acids is 3. The van der Waals surface area contributed by atoms with E-state index in [2.05, 4.69) is 29.2 Å². The van der Waals surface area contributed by atoms with E-state index in [0.717, 1.165) is 10.4 Å². The van der Waals surface area contributed by atoms with Gasteiger partial charge in [0.2, 0.25) is 0 Å². The molecule has 0 fully saturated rings. The van der Waals surface area contributed by atoms with Crippen molar-refractivity contribution >= 4 is 34.2 Å². The summed E-state index contributed by atoms with van der Waals surface area (Å²) in [5, 5.41) is 6.68. The van der Waals surface area contributed by atoms with Crippen molar-refractivity contribution in [3.05, 3.63) is 16.0 Å². The molecule has 0 aromatic carbocycles. The molecule has 0 radical (unpaired) electrons. The first-order valence-electron chi connectivity index (χ1n) is 9.07. The van der Waals surface area contributed by atoms with Crippen LogP contribution < -0.4 is 10.6 Å². The lowest BCUT2D eigenvalue weighted by molar-refractivity contribution is -0.150. The smallest absolute Gasteiger partial charge is 0.341 e. The number of methoxy groups -OCH3 is 1. The number of rotatable bonds is 7. The predicted octanol–water partition coefficient (Wildman–Crippen LogP) is 2.21. The molecule has 8 nitrogen and oxygen atoms in total. The zero-order chi connectivity index (χ0) is 21.1. The molecule has 0 atom stereocenters. The summed E-state index contributed by atoms with van der Waals surface area (Å²) in [5.41, 5.74) is 0.650. The van der Waals surface area contributed by atoms with Crippen LogP contribution in [0.5, 0.6) is 0 Å². The third kappa shape index (κ3) is 5.09. The first-order valence-corrected chi connectivity index (χ1v) is 9.89. The third-order valence-corrected chi connectivity index (χ3v) is 5.67. The van der Waals surface area contributed by atoms with Crippen LogP contribution in [0.2, 0.25) is 0 Å². The zero-order valence-corrected chi connectivity index (χ0v) is 18.0. The standard InChI is InChI=1S/C19H28N2O6S/c1-7-26-17(24)14-11-8-18(2,3)21-19(4,5)15(11)28-16(14)20-12(22)9-27-13(23)10-25-6/h21H,7-10H2,1-6H3,(H,20,22). The maximum Gasteiger partial charge on any atom is 0.341 e. The Kier molecular flexibility index (Phi) is 6.84. The second-order valence-corrected chi connectivity index (χ2v) is 8.81. The van der Waals surface area contributed by atoms with E-state index in [1.54, 1.807) is 6.92 Å². The lowest BCUT2D eigenvalue weighted by Gasteiger charge is -2.42. The monoisotopic (exact) mass is 412 g/mol. The number of hydrogen-bond acceptors (Lipinski definition) is 8. The molecule has 2 heterocycles. The van der Waals surface area contributed by atoms with E-state index in [-0.39, 0.29) is 24.3 Å². The number of nitrogens with one attached hydrogen (secondary N) is 2. The van der Waals surface area contributed by atoms with Crippen LogP contribution in [0.25, 0.3) is 0 Å². The number of thiophene rings is 1. The van der Waals surface area contributed by atoms with Crippen molar-refractivity contribution in [2.24, 2.45) is 0 Å². The van der Waals surface area contributed by atoms with E-state index in [4.69, 9.17) is 9.47 Å². The number of hydrogen-bond donors (Lipinski definition) is 2. The number of anilines is 1. The van der Waals surface area contributed by atoms with Crippen LogP contribution in [-0.4, -0.2) is 50.3 Å². The molecule has 1 aromatic heterocycles. The SMILES string of the molecule is CCOC(=O)c1c(NC(=O)COC(=O)COC)sc2c1CC(C)(C)NC2(C)C. The molecule has 156 valence electrons. The molecular formula is C19H28N2O6S. The maximum atomic E-state index is 12.7. The molecule has 0 bridgehead atoms. The van der Waals surface area contributed by atoms with Crippen LogP contribution in [0.15, 0.2) is 0 Å². The summed E-state index contributed by atoms with van der Waals surface area (Å²) in [6.45, 7) is 9.49. The van der Waals surface area contributed by atoms with Crippen molar-refractivity contribution < 1.29 is 28.6 Å². The van der Waals surface area contributed by atoms with Crippen molar-refractivity contribution in [3.8, 4) is 0 Å². The fourth-order valence-corrected chi connectivity index (χ4v) is 4.78. The molecular weight excluding hydrogens is 384 g/mol. The van der Waals surface area contributed by atoms with Gasteiger partial charge in [0.1, 0.15) is 11.6 Å². The summed E-state index contributed by atoms with van der Waals surface area (Å²) < 4.78 is 14.7. The Morgan fingerprint density at radius 3 is 2.43 bits per heavy atom. The van der Waals surface area contributed by atoms with Crippen LogP contribution in [-0.2, 0) is 35.8 Å². The minimum absolute atomic E-state index is 0.226. The number of esters is 2. The molecule has 1 amide bonds. The second-order valence-electron chi connectivity index (χ2n) is 7.79. The minimum Gasteiger partial charge on any atom is -0.462 e. The van der Waals surface area contributed by atoms with Gasteiger partial charge in [0, 0.05) is 23.1 Å². The van der Waals surface area contributed by atoms with Gasteiger partial charge in [-0.3, -0.25) is 4.79 Å². The summed E-state index contributed by atoms with van der Waals surface area (Å²) in [6.07, 6.45) is 0.620. The van der Waals surface area contributed by atoms with E-state index in [1.165, 1.54) is 18.4 Å². The molecule has 9 heteroatoms. The predicted molar refractivity (Wildman–Crippen MR) is 106 cm³/mol. The van der Waals surface area contributed by atoms with Crippen molar-refractivity contribution in [2.45, 2.75) is 52.1 Å². The van der Waals surface area contributed by atoms with Crippen molar-refractivity contribution in [3.63, 3.8) is 0 Å². The molecule has 0 spiro atoms. The fourth-order valence-electron chi connectivity index (χ4n) is 3.50. The van der Waals surface area contributed by atoms with Crippen LogP contribution in [0.3, 0.4) is 0 Å². The lowest BCUT2D eigenvalue weighted by Crippen LogP contribution is -2.55. The van der Waals surface area contributed by atoms with Crippen LogP contribution in [0.4, 0.5) is 5.00 Å². The fraction of sp³-hybridized carbons (Fsp3) is 0.632. The molecule has 1 aromatic rings. The summed E-state index contributed by atoms with van der Waals surface area (Å²) >= 11 is 1.34. The highest BCUT2D eigenvalue weighted by atomic mass is 32.1. The molecule has 0 aliphatic carbocycles. The van der Waals surface area contributed by atoms with Crippen LogP contribution >= 0.6 is 11.3 Å². The summed E-state index contributed by atoms with van der Waals surface area (Å²) in [6, 6.07) is 0. The first kappa shape index (κ1) is 22.3. The van der Waals surface area contributed by atoms with E-state index >= 15 is 0 Å². The third-order valence-electron chi connectivity index (χ3n) is 4.20. The average molecular weight is 413 g/mol. The highest BCUT2D eigenvalue weighted by molar-refractivity contribution is 7.17. The summed E-state index contributed by atoms with van der Waals surface area (Å²) in [5.74, 6) is -1.64. The van der Waals surface area contributed by atoms with Crippen molar-refractivity contribution in [2.75, 3.05) is 32.2 Å². The van der Waals surface area contributed by atoms with Crippen molar-refractivity contribution in [1.29, 1.82) is 0 Å². The Bertz CT molecular complexity index is 769. The van der Waals surface area contributed by atoms with Gasteiger partial charge in [0.15, 0.2) is 6.61 Å². The molecule has 0 saturated carbocycles. The Morgan fingerprint density at radius 1 is 1.14 bits per heavy atom. The molecule has 1 aliphatic heterocycles. The van der Waals surface area contributed by atoms with Gasteiger partial charge < -0.3 is 24.8 Å². The molecule has 2 rings (SSSR count). The summed E-state index contributed by atoms with van der Waals surface area (Å²) in [7, 11) is 1.36. The van der Waals surface area contributed by atoms with Gasteiger partial charge in [-0.05, 0) is 46.6 Å². The van der Waals surface area contributed by atoms with Gasteiger partial charge in [0.25, 0.3) is 5.91 Å². The van der Waals surface area contributed by atoms with Crippen LogP contribution in [0.1, 0.15) is 55.4 Å². The molecule has 2 N–H and O–H groups in total. The zero-order valence-electron chi connectivity index (χ0n) is 17.2. The van der Waals surface area contributed by atoms with E-state index in [0.29, 0.717) is 17.0 Å². The van der Waals surface area contributed by atoms with E-state index < -0.39 is 24.5 Å². The van der Waals surface area contributed by atoms with Gasteiger partial charge >= 0.3 is 11.9 Å². The minimum atomic E-state index is -0.638.